The van der Waals surface area contributed by atoms with Crippen LogP contribution in [-0.4, -0.2) is 17.6 Å². The Morgan fingerprint density at radius 2 is 2.29 bits per heavy atom. The Labute approximate surface area is 96.8 Å². The summed E-state index contributed by atoms with van der Waals surface area (Å²) in [5.74, 6) is -0.727. The second kappa shape index (κ2) is 5.34. The topological polar surface area (TPSA) is 63.0 Å². The SMILES string of the molecule is CCOC(=O)c1c(C)cc(C(F)F)nc1C#N. The molecule has 1 heterocycles. The Morgan fingerprint density at radius 1 is 1.65 bits per heavy atom. The molecule has 0 atom stereocenters. The van der Waals surface area contributed by atoms with E-state index in [0.717, 1.165) is 6.07 Å². The molecular formula is C11H10F2N2O2. The summed E-state index contributed by atoms with van der Waals surface area (Å²) in [6, 6.07) is 2.71. The summed E-state index contributed by atoms with van der Waals surface area (Å²) in [5, 5.41) is 8.80. The lowest BCUT2D eigenvalue weighted by Crippen LogP contribution is -2.12. The number of halogens is 2. The maximum atomic E-state index is 12.5. The van der Waals surface area contributed by atoms with E-state index in [2.05, 4.69) is 4.98 Å². The first-order chi connectivity index (χ1) is 8.01. The fourth-order valence-corrected chi connectivity index (χ4v) is 1.35. The molecular weight excluding hydrogens is 230 g/mol. The Balaban J connectivity index is 3.32. The second-order valence-corrected chi connectivity index (χ2v) is 3.22. The average molecular weight is 240 g/mol. The predicted octanol–water partition coefficient (Wildman–Crippen LogP) is 2.38. The standard InChI is InChI=1S/C11H10F2N2O2/c1-3-17-11(16)9-6(2)4-7(10(12)13)15-8(9)5-14/h4,10H,3H2,1-2H3. The Morgan fingerprint density at radius 3 is 2.76 bits per heavy atom. The van der Waals surface area contributed by atoms with Crippen LogP contribution in [-0.2, 0) is 4.74 Å². The number of nitriles is 1. The van der Waals surface area contributed by atoms with E-state index in [-0.39, 0.29) is 23.4 Å². The number of carbonyl (C=O) groups is 1. The van der Waals surface area contributed by atoms with Gasteiger partial charge in [-0.25, -0.2) is 18.6 Å². The summed E-state index contributed by atoms with van der Waals surface area (Å²) in [4.78, 5) is 15.0. The minimum absolute atomic E-state index is 0.0567. The van der Waals surface area contributed by atoms with Crippen molar-refractivity contribution in [2.24, 2.45) is 0 Å². The van der Waals surface area contributed by atoms with E-state index in [9.17, 15) is 13.6 Å². The molecule has 1 aromatic heterocycles. The molecule has 1 rings (SSSR count). The Hall–Kier alpha value is -2.03. The van der Waals surface area contributed by atoms with Crippen LogP contribution >= 0.6 is 0 Å². The van der Waals surface area contributed by atoms with Crippen molar-refractivity contribution < 1.29 is 18.3 Å². The first kappa shape index (κ1) is 13.0. The molecule has 0 aliphatic carbocycles. The van der Waals surface area contributed by atoms with Gasteiger partial charge in [0.25, 0.3) is 6.43 Å². The lowest BCUT2D eigenvalue weighted by Gasteiger charge is -2.08. The molecule has 0 fully saturated rings. The molecule has 17 heavy (non-hydrogen) atoms. The third-order valence-corrected chi connectivity index (χ3v) is 2.05. The van der Waals surface area contributed by atoms with Gasteiger partial charge in [0.15, 0.2) is 5.69 Å². The van der Waals surface area contributed by atoms with Crippen LogP contribution in [0, 0.1) is 18.3 Å². The molecule has 1 aromatic rings. The number of aryl methyl sites for hydroxylation is 1. The normalized spacial score (nSPS) is 10.1. The largest absolute Gasteiger partial charge is 0.462 e. The summed E-state index contributed by atoms with van der Waals surface area (Å²) in [6.07, 6.45) is -2.78. The first-order valence-electron chi connectivity index (χ1n) is 4.88. The summed E-state index contributed by atoms with van der Waals surface area (Å²) in [7, 11) is 0. The zero-order valence-electron chi connectivity index (χ0n) is 9.33. The number of pyridine rings is 1. The van der Waals surface area contributed by atoms with Gasteiger partial charge in [-0.3, -0.25) is 0 Å². The monoisotopic (exact) mass is 240 g/mol. The average Bonchev–Trinajstić information content (AvgIpc) is 2.27. The van der Waals surface area contributed by atoms with Crippen LogP contribution < -0.4 is 0 Å². The van der Waals surface area contributed by atoms with Gasteiger partial charge < -0.3 is 4.74 Å². The van der Waals surface area contributed by atoms with Gasteiger partial charge in [0, 0.05) is 0 Å². The zero-order chi connectivity index (χ0) is 13.0. The van der Waals surface area contributed by atoms with Crippen molar-refractivity contribution >= 4 is 5.97 Å². The lowest BCUT2D eigenvalue weighted by atomic mass is 10.1. The van der Waals surface area contributed by atoms with Crippen LogP contribution in [0.4, 0.5) is 8.78 Å². The molecule has 0 bridgehead atoms. The van der Waals surface area contributed by atoms with Gasteiger partial charge in [0.2, 0.25) is 0 Å². The number of hydrogen-bond donors (Lipinski definition) is 0. The van der Waals surface area contributed by atoms with Gasteiger partial charge in [-0.1, -0.05) is 0 Å². The fraction of sp³-hybridized carbons (Fsp3) is 0.364. The molecule has 0 aliphatic heterocycles. The number of alkyl halides is 2. The highest BCUT2D eigenvalue weighted by molar-refractivity contribution is 5.93. The zero-order valence-corrected chi connectivity index (χ0v) is 9.33. The van der Waals surface area contributed by atoms with Crippen molar-refractivity contribution in [2.75, 3.05) is 6.61 Å². The van der Waals surface area contributed by atoms with Crippen molar-refractivity contribution in [3.8, 4) is 6.07 Å². The van der Waals surface area contributed by atoms with Crippen LogP contribution in [0.3, 0.4) is 0 Å². The number of aromatic nitrogens is 1. The molecule has 0 radical (unpaired) electrons. The molecule has 0 aliphatic rings. The molecule has 0 saturated carbocycles. The van der Waals surface area contributed by atoms with E-state index < -0.39 is 18.1 Å². The van der Waals surface area contributed by atoms with E-state index in [1.807, 2.05) is 0 Å². The molecule has 0 spiro atoms. The second-order valence-electron chi connectivity index (χ2n) is 3.22. The van der Waals surface area contributed by atoms with Gasteiger partial charge in [-0.15, -0.1) is 0 Å². The fourth-order valence-electron chi connectivity index (χ4n) is 1.35. The van der Waals surface area contributed by atoms with E-state index >= 15 is 0 Å². The van der Waals surface area contributed by atoms with Crippen LogP contribution in [0.1, 0.15) is 40.7 Å². The van der Waals surface area contributed by atoms with E-state index in [1.54, 1.807) is 13.0 Å². The van der Waals surface area contributed by atoms with Crippen molar-refractivity contribution in [3.05, 3.63) is 28.6 Å². The van der Waals surface area contributed by atoms with Crippen molar-refractivity contribution in [2.45, 2.75) is 20.3 Å². The minimum Gasteiger partial charge on any atom is -0.462 e. The molecule has 6 heteroatoms. The quantitative estimate of drug-likeness (QED) is 0.761. The highest BCUT2D eigenvalue weighted by Crippen LogP contribution is 2.22. The van der Waals surface area contributed by atoms with Crippen LogP contribution in [0.25, 0.3) is 0 Å². The van der Waals surface area contributed by atoms with Gasteiger partial charge >= 0.3 is 5.97 Å². The van der Waals surface area contributed by atoms with Crippen LogP contribution in [0.5, 0.6) is 0 Å². The van der Waals surface area contributed by atoms with Gasteiger partial charge in [-0.05, 0) is 25.5 Å². The Bertz CT molecular complexity index is 481. The van der Waals surface area contributed by atoms with E-state index in [1.165, 1.54) is 6.92 Å². The third kappa shape index (κ3) is 2.75. The van der Waals surface area contributed by atoms with E-state index in [4.69, 9.17) is 10.00 Å². The molecule has 0 aromatic carbocycles. The number of nitrogens with zero attached hydrogens (tertiary/aromatic N) is 2. The number of hydrogen-bond acceptors (Lipinski definition) is 4. The smallest absolute Gasteiger partial charge is 0.341 e. The van der Waals surface area contributed by atoms with Gasteiger partial charge in [0.05, 0.1) is 12.2 Å². The number of rotatable bonds is 3. The summed E-state index contributed by atoms with van der Waals surface area (Å²) < 4.78 is 29.6. The first-order valence-corrected chi connectivity index (χ1v) is 4.88. The third-order valence-electron chi connectivity index (χ3n) is 2.05. The van der Waals surface area contributed by atoms with Gasteiger partial charge in [-0.2, -0.15) is 5.26 Å². The van der Waals surface area contributed by atoms with Crippen molar-refractivity contribution in [3.63, 3.8) is 0 Å². The summed E-state index contributed by atoms with van der Waals surface area (Å²) in [5.41, 5.74) is -0.658. The Kier molecular flexibility index (Phi) is 4.10. The van der Waals surface area contributed by atoms with Crippen LogP contribution in [0.2, 0.25) is 0 Å². The maximum absolute atomic E-state index is 12.5. The molecule has 0 unspecified atom stereocenters. The number of ether oxygens (including phenoxy) is 1. The molecule has 0 N–H and O–H groups in total. The summed E-state index contributed by atoms with van der Waals surface area (Å²) >= 11 is 0. The molecule has 0 amide bonds. The number of carbonyl (C=O) groups excluding carboxylic acids is 1. The molecule has 4 nitrogen and oxygen atoms in total. The van der Waals surface area contributed by atoms with E-state index in [0.29, 0.717) is 0 Å². The van der Waals surface area contributed by atoms with Crippen molar-refractivity contribution in [1.29, 1.82) is 5.26 Å². The highest BCUT2D eigenvalue weighted by atomic mass is 19.3. The summed E-state index contributed by atoms with van der Waals surface area (Å²) in [6.45, 7) is 3.21. The lowest BCUT2D eigenvalue weighted by molar-refractivity contribution is 0.0524. The van der Waals surface area contributed by atoms with Crippen molar-refractivity contribution in [1.82, 2.24) is 4.98 Å². The molecule has 90 valence electrons. The highest BCUT2D eigenvalue weighted by Gasteiger charge is 2.21. The predicted molar refractivity (Wildman–Crippen MR) is 54.6 cm³/mol. The minimum atomic E-state index is -2.78. The number of esters is 1. The van der Waals surface area contributed by atoms with Gasteiger partial charge in [0.1, 0.15) is 11.8 Å². The molecule has 0 saturated heterocycles. The van der Waals surface area contributed by atoms with Crippen LogP contribution in [0.15, 0.2) is 6.07 Å². The maximum Gasteiger partial charge on any atom is 0.341 e.